The first-order valence-electron chi connectivity index (χ1n) is 6.97. The summed E-state index contributed by atoms with van der Waals surface area (Å²) in [6.07, 6.45) is 2.73. The lowest BCUT2D eigenvalue weighted by Gasteiger charge is -2.26. The molecule has 0 radical (unpaired) electrons. The largest absolute Gasteiger partial charge is 0.490 e. The number of hydrogen-bond acceptors (Lipinski definition) is 5. The number of aliphatic hydroxyl groups excluding tert-OH is 1. The van der Waals surface area contributed by atoms with Gasteiger partial charge in [-0.15, -0.1) is 0 Å². The Kier molecular flexibility index (Phi) is 5.11. The highest BCUT2D eigenvalue weighted by Crippen LogP contribution is 2.32. The second-order valence-corrected chi connectivity index (χ2v) is 4.94. The molecule has 2 rings (SSSR count). The lowest BCUT2D eigenvalue weighted by atomic mass is 9.98. The average molecular weight is 306 g/mol. The fraction of sp³-hybridized carbons (Fsp3) is 0.400. The van der Waals surface area contributed by atoms with Crippen molar-refractivity contribution >= 4 is 17.2 Å². The van der Waals surface area contributed by atoms with E-state index in [1.165, 1.54) is 13.2 Å². The second kappa shape index (κ2) is 7.04. The molecule has 1 heterocycles. The van der Waals surface area contributed by atoms with Crippen molar-refractivity contribution in [3.63, 3.8) is 0 Å². The fourth-order valence-corrected chi connectivity index (χ4v) is 2.44. The van der Waals surface area contributed by atoms with Crippen LogP contribution in [0.15, 0.2) is 24.3 Å². The number of carbonyl (C=O) groups excluding carboxylic acids is 1. The molecule has 0 aromatic heterocycles. The quantitative estimate of drug-likeness (QED) is 0.659. The molecule has 0 saturated carbocycles. The summed E-state index contributed by atoms with van der Waals surface area (Å²) in [6, 6.07) is 4.77. The monoisotopic (exact) mass is 306 g/mol. The highest BCUT2D eigenvalue weighted by Gasteiger charge is 2.20. The van der Waals surface area contributed by atoms with Gasteiger partial charge in [-0.2, -0.15) is 0 Å². The van der Waals surface area contributed by atoms with E-state index in [4.69, 9.17) is 9.84 Å². The molecule has 1 amide bonds. The standard InChI is InChI=1S/C15H18N2O5/c1-22-14-10-12(2-3-13(14)17(20)21)11-4-7-16(8-5-11)15(19)6-9-18/h2-4,10,18H,5-9H2,1H3. The van der Waals surface area contributed by atoms with Gasteiger partial charge in [-0.05, 0) is 29.7 Å². The van der Waals surface area contributed by atoms with E-state index in [9.17, 15) is 14.9 Å². The van der Waals surface area contributed by atoms with E-state index < -0.39 is 4.92 Å². The van der Waals surface area contributed by atoms with Gasteiger partial charge in [0.15, 0.2) is 5.75 Å². The highest BCUT2D eigenvalue weighted by molar-refractivity contribution is 5.78. The number of nitro groups is 1. The first kappa shape index (κ1) is 16.0. The second-order valence-electron chi connectivity index (χ2n) is 4.94. The summed E-state index contributed by atoms with van der Waals surface area (Å²) in [5.41, 5.74) is 1.82. The van der Waals surface area contributed by atoms with Gasteiger partial charge in [0, 0.05) is 25.6 Å². The molecule has 1 aliphatic heterocycles. The van der Waals surface area contributed by atoms with Crippen molar-refractivity contribution in [1.29, 1.82) is 0 Å². The molecule has 0 fully saturated rings. The summed E-state index contributed by atoms with van der Waals surface area (Å²) < 4.78 is 5.07. The van der Waals surface area contributed by atoms with Crippen LogP contribution in [0.1, 0.15) is 18.4 Å². The predicted octanol–water partition coefficient (Wildman–Crippen LogP) is 1.60. The maximum absolute atomic E-state index is 11.7. The molecule has 118 valence electrons. The predicted molar refractivity (Wildman–Crippen MR) is 80.5 cm³/mol. The lowest BCUT2D eigenvalue weighted by molar-refractivity contribution is -0.385. The Balaban J connectivity index is 2.16. The van der Waals surface area contributed by atoms with Crippen molar-refractivity contribution < 1.29 is 19.6 Å². The number of aliphatic hydroxyl groups is 1. The van der Waals surface area contributed by atoms with E-state index >= 15 is 0 Å². The normalized spacial score (nSPS) is 14.5. The lowest BCUT2D eigenvalue weighted by Crippen LogP contribution is -2.34. The maximum Gasteiger partial charge on any atom is 0.310 e. The van der Waals surface area contributed by atoms with Gasteiger partial charge in [0.25, 0.3) is 0 Å². The molecular formula is C15H18N2O5. The molecular weight excluding hydrogens is 288 g/mol. The van der Waals surface area contributed by atoms with E-state index in [2.05, 4.69) is 0 Å². The third kappa shape index (κ3) is 3.43. The zero-order valence-corrected chi connectivity index (χ0v) is 12.3. The number of methoxy groups -OCH3 is 1. The number of rotatable bonds is 5. The molecule has 1 aromatic carbocycles. The Bertz CT molecular complexity index is 612. The van der Waals surface area contributed by atoms with Crippen molar-refractivity contribution in [3.8, 4) is 5.75 Å². The molecule has 1 aromatic rings. The third-order valence-electron chi connectivity index (χ3n) is 3.63. The van der Waals surface area contributed by atoms with Gasteiger partial charge in [-0.1, -0.05) is 6.08 Å². The van der Waals surface area contributed by atoms with Crippen LogP contribution in [0.2, 0.25) is 0 Å². The third-order valence-corrected chi connectivity index (χ3v) is 3.63. The van der Waals surface area contributed by atoms with Crippen LogP contribution < -0.4 is 4.74 Å². The van der Waals surface area contributed by atoms with Crippen LogP contribution in [0.3, 0.4) is 0 Å². The fourth-order valence-electron chi connectivity index (χ4n) is 2.44. The number of benzene rings is 1. The van der Waals surface area contributed by atoms with Crippen LogP contribution >= 0.6 is 0 Å². The Labute approximate surface area is 128 Å². The molecule has 0 saturated heterocycles. The number of ether oxygens (including phenoxy) is 1. The minimum absolute atomic E-state index is 0.0672. The van der Waals surface area contributed by atoms with Crippen LogP contribution in [-0.4, -0.2) is 47.6 Å². The first-order chi connectivity index (χ1) is 10.6. The van der Waals surface area contributed by atoms with Gasteiger partial charge in [-0.25, -0.2) is 0 Å². The van der Waals surface area contributed by atoms with Crippen molar-refractivity contribution in [3.05, 3.63) is 40.0 Å². The molecule has 0 atom stereocenters. The summed E-state index contributed by atoms with van der Waals surface area (Å²) in [5.74, 6) is 0.154. The van der Waals surface area contributed by atoms with Gasteiger partial charge in [0.1, 0.15) is 0 Å². The van der Waals surface area contributed by atoms with Gasteiger partial charge >= 0.3 is 5.69 Å². The molecule has 0 bridgehead atoms. The number of amides is 1. The van der Waals surface area contributed by atoms with Crippen molar-refractivity contribution in [2.75, 3.05) is 26.8 Å². The molecule has 1 N–H and O–H groups in total. The summed E-state index contributed by atoms with van der Waals surface area (Å²) in [7, 11) is 1.40. The first-order valence-corrected chi connectivity index (χ1v) is 6.97. The van der Waals surface area contributed by atoms with Gasteiger partial charge in [-0.3, -0.25) is 14.9 Å². The molecule has 0 unspecified atom stereocenters. The van der Waals surface area contributed by atoms with E-state index in [1.54, 1.807) is 17.0 Å². The minimum atomic E-state index is -0.479. The average Bonchev–Trinajstić information content (AvgIpc) is 2.54. The summed E-state index contributed by atoms with van der Waals surface area (Å²) in [5, 5.41) is 19.7. The Hall–Kier alpha value is -2.41. The molecule has 0 aliphatic carbocycles. The molecule has 22 heavy (non-hydrogen) atoms. The van der Waals surface area contributed by atoms with Gasteiger partial charge in [0.05, 0.1) is 18.6 Å². The van der Waals surface area contributed by atoms with Gasteiger partial charge < -0.3 is 14.7 Å². The van der Waals surface area contributed by atoms with E-state index in [1.807, 2.05) is 6.08 Å². The van der Waals surface area contributed by atoms with E-state index in [0.717, 1.165) is 11.1 Å². The number of nitrogens with zero attached hydrogens (tertiary/aromatic N) is 2. The van der Waals surface area contributed by atoms with E-state index in [0.29, 0.717) is 19.5 Å². The SMILES string of the molecule is COc1cc(C2=CCN(C(=O)CCO)CC2)ccc1[N+](=O)[O-]. The van der Waals surface area contributed by atoms with Crippen molar-refractivity contribution in [2.24, 2.45) is 0 Å². The van der Waals surface area contributed by atoms with Crippen LogP contribution in [0, 0.1) is 10.1 Å². The summed E-state index contributed by atoms with van der Waals surface area (Å²) >= 11 is 0. The van der Waals surface area contributed by atoms with Crippen molar-refractivity contribution in [2.45, 2.75) is 12.8 Å². The summed E-state index contributed by atoms with van der Waals surface area (Å²) in [6.45, 7) is 0.906. The van der Waals surface area contributed by atoms with Crippen LogP contribution in [0.5, 0.6) is 5.75 Å². The minimum Gasteiger partial charge on any atom is -0.490 e. The van der Waals surface area contributed by atoms with Gasteiger partial charge in [0.2, 0.25) is 5.91 Å². The highest BCUT2D eigenvalue weighted by atomic mass is 16.6. The number of nitro benzene ring substituents is 1. The zero-order valence-electron chi connectivity index (χ0n) is 12.3. The maximum atomic E-state index is 11.7. The molecule has 7 heteroatoms. The molecule has 1 aliphatic rings. The van der Waals surface area contributed by atoms with Crippen molar-refractivity contribution in [1.82, 2.24) is 4.90 Å². The summed E-state index contributed by atoms with van der Waals surface area (Å²) in [4.78, 5) is 23.8. The molecule has 0 spiro atoms. The number of carbonyl (C=O) groups is 1. The topological polar surface area (TPSA) is 92.9 Å². The number of hydrogen-bond donors (Lipinski definition) is 1. The zero-order chi connectivity index (χ0) is 16.1. The van der Waals surface area contributed by atoms with Crippen LogP contribution in [0.25, 0.3) is 5.57 Å². The Morgan fingerprint density at radius 2 is 2.27 bits per heavy atom. The Morgan fingerprint density at radius 1 is 1.50 bits per heavy atom. The Morgan fingerprint density at radius 3 is 2.82 bits per heavy atom. The molecule has 7 nitrogen and oxygen atoms in total. The van der Waals surface area contributed by atoms with Crippen LogP contribution in [0.4, 0.5) is 5.69 Å². The van der Waals surface area contributed by atoms with E-state index in [-0.39, 0.29) is 30.4 Å². The smallest absolute Gasteiger partial charge is 0.310 e. The van der Waals surface area contributed by atoms with Crippen LogP contribution in [-0.2, 0) is 4.79 Å².